The minimum atomic E-state index is -0.584. The molecular formula is C19H25N3O5. The van der Waals surface area contributed by atoms with E-state index in [1.54, 1.807) is 45.0 Å². The van der Waals surface area contributed by atoms with E-state index < -0.39 is 11.7 Å². The lowest BCUT2D eigenvalue weighted by Crippen LogP contribution is -2.44. The summed E-state index contributed by atoms with van der Waals surface area (Å²) in [4.78, 5) is 49.0. The molecule has 1 aliphatic rings. The summed E-state index contributed by atoms with van der Waals surface area (Å²) in [7, 11) is 0. The van der Waals surface area contributed by atoms with E-state index in [0.29, 0.717) is 11.1 Å². The number of carbonyl (C=O) groups excluding carboxylic acids is 4. The Balaban J connectivity index is 1.72. The molecule has 1 heterocycles. The lowest BCUT2D eigenvalue weighted by Gasteiger charge is -2.26. The fraction of sp³-hybridized carbons (Fsp3) is 0.474. The number of nitrogens with one attached hydrogen (secondary N) is 2. The van der Waals surface area contributed by atoms with E-state index in [-0.39, 0.29) is 50.2 Å². The van der Waals surface area contributed by atoms with Crippen LogP contribution in [0.15, 0.2) is 24.3 Å². The van der Waals surface area contributed by atoms with Crippen LogP contribution < -0.4 is 10.6 Å². The summed E-state index contributed by atoms with van der Waals surface area (Å²) >= 11 is 0. The molecule has 0 fully saturated rings. The summed E-state index contributed by atoms with van der Waals surface area (Å²) in [5.41, 5.74) is 0.625. The highest BCUT2D eigenvalue weighted by atomic mass is 16.6. The Bertz CT molecular complexity index is 739. The number of hydrogen-bond acceptors (Lipinski definition) is 5. The van der Waals surface area contributed by atoms with Gasteiger partial charge in [-0.1, -0.05) is 18.2 Å². The van der Waals surface area contributed by atoms with Crippen molar-refractivity contribution in [2.45, 2.75) is 39.2 Å². The summed E-state index contributed by atoms with van der Waals surface area (Å²) < 4.78 is 5.08. The predicted octanol–water partition coefficient (Wildman–Crippen LogP) is 1.24. The van der Waals surface area contributed by atoms with Crippen molar-refractivity contribution in [1.82, 2.24) is 15.5 Å². The van der Waals surface area contributed by atoms with E-state index in [9.17, 15) is 19.2 Å². The lowest BCUT2D eigenvalue weighted by molar-refractivity contribution is -0.129. The quantitative estimate of drug-likeness (QED) is 0.575. The monoisotopic (exact) mass is 375 g/mol. The van der Waals surface area contributed by atoms with E-state index in [1.165, 1.54) is 0 Å². The highest BCUT2D eigenvalue weighted by Crippen LogP contribution is 2.19. The summed E-state index contributed by atoms with van der Waals surface area (Å²) in [6.07, 6.45) is -0.393. The topological polar surface area (TPSA) is 105 Å². The Kier molecular flexibility index (Phi) is 6.55. The van der Waals surface area contributed by atoms with Gasteiger partial charge < -0.3 is 15.4 Å². The first-order valence-electron chi connectivity index (χ1n) is 8.83. The summed E-state index contributed by atoms with van der Waals surface area (Å²) in [6, 6.07) is 6.97. The number of alkyl carbamates (subject to hydrolysis) is 1. The molecule has 1 aliphatic heterocycles. The molecule has 2 rings (SSSR count). The second kappa shape index (κ2) is 8.66. The number of fused-ring (bicyclic) bond motifs is 1. The van der Waals surface area contributed by atoms with Crippen LogP contribution in [0, 0.1) is 0 Å². The zero-order valence-electron chi connectivity index (χ0n) is 15.8. The van der Waals surface area contributed by atoms with Crippen molar-refractivity contribution in [3.8, 4) is 0 Å². The van der Waals surface area contributed by atoms with Gasteiger partial charge >= 0.3 is 6.09 Å². The first-order valence-corrected chi connectivity index (χ1v) is 8.83. The van der Waals surface area contributed by atoms with Crippen molar-refractivity contribution in [3.63, 3.8) is 0 Å². The molecule has 0 saturated carbocycles. The van der Waals surface area contributed by atoms with Crippen molar-refractivity contribution < 1.29 is 23.9 Å². The van der Waals surface area contributed by atoms with Crippen LogP contribution in [0.5, 0.6) is 0 Å². The third-order valence-electron chi connectivity index (χ3n) is 3.81. The van der Waals surface area contributed by atoms with Gasteiger partial charge in [0.15, 0.2) is 0 Å². The first-order chi connectivity index (χ1) is 12.7. The highest BCUT2D eigenvalue weighted by Gasteiger charge is 2.30. The fourth-order valence-electron chi connectivity index (χ4n) is 2.61. The number of ether oxygens (including phenoxy) is 1. The van der Waals surface area contributed by atoms with E-state index in [1.807, 2.05) is 0 Å². The third kappa shape index (κ3) is 6.09. The maximum Gasteiger partial charge on any atom is 0.407 e. The van der Waals surface area contributed by atoms with Gasteiger partial charge in [-0.25, -0.2) is 4.79 Å². The lowest BCUT2D eigenvalue weighted by atomic mass is 9.98. The fourth-order valence-corrected chi connectivity index (χ4v) is 2.61. The van der Waals surface area contributed by atoms with Crippen LogP contribution >= 0.6 is 0 Å². The Morgan fingerprint density at radius 3 is 2.48 bits per heavy atom. The third-order valence-corrected chi connectivity index (χ3v) is 3.81. The Morgan fingerprint density at radius 2 is 1.78 bits per heavy atom. The van der Waals surface area contributed by atoms with Gasteiger partial charge in [0.1, 0.15) is 5.60 Å². The maximum atomic E-state index is 12.4. The van der Waals surface area contributed by atoms with Gasteiger partial charge in [-0.15, -0.1) is 0 Å². The maximum absolute atomic E-state index is 12.4. The van der Waals surface area contributed by atoms with Gasteiger partial charge in [0.2, 0.25) is 11.8 Å². The van der Waals surface area contributed by atoms with Crippen LogP contribution in [-0.4, -0.2) is 54.0 Å². The summed E-state index contributed by atoms with van der Waals surface area (Å²) in [5.74, 6) is -0.986. The number of benzene rings is 1. The zero-order chi connectivity index (χ0) is 20.0. The molecule has 0 aromatic heterocycles. The van der Waals surface area contributed by atoms with Crippen LogP contribution in [0.25, 0.3) is 0 Å². The van der Waals surface area contributed by atoms with Crippen LogP contribution in [0.4, 0.5) is 4.79 Å². The van der Waals surface area contributed by atoms with Gasteiger partial charge in [0.25, 0.3) is 5.91 Å². The highest BCUT2D eigenvalue weighted by molar-refractivity contribution is 6.09. The molecular weight excluding hydrogens is 350 g/mol. The van der Waals surface area contributed by atoms with Gasteiger partial charge in [0, 0.05) is 31.6 Å². The van der Waals surface area contributed by atoms with Crippen molar-refractivity contribution in [3.05, 3.63) is 35.4 Å². The van der Waals surface area contributed by atoms with Crippen molar-refractivity contribution in [1.29, 1.82) is 0 Å². The van der Waals surface area contributed by atoms with E-state index in [2.05, 4.69) is 10.6 Å². The number of carbonyl (C=O) groups is 4. The number of amides is 4. The molecule has 0 spiro atoms. The average molecular weight is 375 g/mol. The van der Waals surface area contributed by atoms with E-state index in [0.717, 1.165) is 4.90 Å². The van der Waals surface area contributed by atoms with Crippen LogP contribution in [0.2, 0.25) is 0 Å². The van der Waals surface area contributed by atoms with Gasteiger partial charge in [-0.3, -0.25) is 19.3 Å². The molecule has 1 aromatic carbocycles. The number of imide groups is 1. The SMILES string of the molecule is CC(C)(C)OC(=O)NCCNC(=O)CCN1C(=O)Cc2ccccc2C1=O. The Morgan fingerprint density at radius 1 is 1.11 bits per heavy atom. The Hall–Kier alpha value is -2.90. The molecule has 4 amide bonds. The van der Waals surface area contributed by atoms with E-state index >= 15 is 0 Å². The number of nitrogens with zero attached hydrogens (tertiary/aromatic N) is 1. The predicted molar refractivity (Wildman–Crippen MR) is 98.1 cm³/mol. The summed E-state index contributed by atoms with van der Waals surface area (Å²) in [5, 5.41) is 5.16. The summed E-state index contributed by atoms with van der Waals surface area (Å²) in [6.45, 7) is 5.75. The second-order valence-corrected chi connectivity index (χ2v) is 7.21. The van der Waals surface area contributed by atoms with Gasteiger partial charge in [-0.2, -0.15) is 0 Å². The van der Waals surface area contributed by atoms with Crippen molar-refractivity contribution in [2.75, 3.05) is 19.6 Å². The molecule has 0 radical (unpaired) electrons. The zero-order valence-corrected chi connectivity index (χ0v) is 15.8. The minimum Gasteiger partial charge on any atom is -0.444 e. The first kappa shape index (κ1) is 20.4. The minimum absolute atomic E-state index is 0.00604. The molecule has 2 N–H and O–H groups in total. The van der Waals surface area contributed by atoms with Crippen LogP contribution in [0.1, 0.15) is 43.1 Å². The van der Waals surface area contributed by atoms with Gasteiger partial charge in [0.05, 0.1) is 6.42 Å². The molecule has 8 heteroatoms. The average Bonchev–Trinajstić information content (AvgIpc) is 2.57. The smallest absolute Gasteiger partial charge is 0.407 e. The molecule has 1 aromatic rings. The molecule has 0 bridgehead atoms. The van der Waals surface area contributed by atoms with Crippen LogP contribution in [-0.2, 0) is 20.7 Å². The second-order valence-electron chi connectivity index (χ2n) is 7.21. The molecule has 0 unspecified atom stereocenters. The van der Waals surface area contributed by atoms with Gasteiger partial charge in [-0.05, 0) is 32.4 Å². The normalized spacial score (nSPS) is 13.8. The molecule has 146 valence electrons. The molecule has 27 heavy (non-hydrogen) atoms. The Labute approximate surface area is 158 Å². The number of hydrogen-bond donors (Lipinski definition) is 2. The standard InChI is InChI=1S/C19H25N3O5/c1-19(2,3)27-18(26)21-10-9-20-15(23)8-11-22-16(24)12-13-6-4-5-7-14(13)17(22)25/h4-7H,8-12H2,1-3H3,(H,20,23)(H,21,26). The van der Waals surface area contributed by atoms with Crippen molar-refractivity contribution in [2.24, 2.45) is 0 Å². The molecule has 0 aliphatic carbocycles. The van der Waals surface area contributed by atoms with Crippen molar-refractivity contribution >= 4 is 23.8 Å². The van der Waals surface area contributed by atoms with E-state index in [4.69, 9.17) is 4.74 Å². The largest absolute Gasteiger partial charge is 0.444 e. The molecule has 8 nitrogen and oxygen atoms in total. The molecule has 0 saturated heterocycles. The molecule has 0 atom stereocenters. The van der Waals surface area contributed by atoms with Crippen LogP contribution in [0.3, 0.4) is 0 Å². The number of rotatable bonds is 6.